The van der Waals surface area contributed by atoms with Crippen molar-refractivity contribution >= 4 is 21.6 Å². The highest BCUT2D eigenvalue weighted by Crippen LogP contribution is 2.22. The first-order valence-electron chi connectivity index (χ1n) is 9.61. The first-order valence-corrected chi connectivity index (χ1v) is 11.0. The molecule has 0 aromatic heterocycles. The maximum Gasteiger partial charge on any atom is 0.243 e. The normalized spacial score (nSPS) is 22.7. The molecule has 1 aromatic rings. The molecule has 0 aliphatic carbocycles. The highest BCUT2D eigenvalue weighted by molar-refractivity contribution is 7.89. The number of hydrogen-bond acceptors (Lipinski definition) is 5. The summed E-state index contributed by atoms with van der Waals surface area (Å²) in [7, 11) is -3.53. The molecule has 1 atom stereocenters. The van der Waals surface area contributed by atoms with E-state index in [0.29, 0.717) is 24.8 Å². The van der Waals surface area contributed by atoms with Crippen molar-refractivity contribution in [1.82, 2.24) is 9.21 Å². The molecule has 3 rings (SSSR count). The van der Waals surface area contributed by atoms with Crippen LogP contribution >= 0.6 is 0 Å². The van der Waals surface area contributed by atoms with Crippen molar-refractivity contribution < 1.29 is 17.9 Å². The molecule has 0 radical (unpaired) electrons. The molecule has 2 aliphatic heterocycles. The van der Waals surface area contributed by atoms with E-state index in [0.717, 1.165) is 39.1 Å². The van der Waals surface area contributed by atoms with Crippen LogP contribution in [0.4, 0.5) is 5.69 Å². The second-order valence-electron chi connectivity index (χ2n) is 7.48. The zero-order chi connectivity index (χ0) is 19.4. The van der Waals surface area contributed by atoms with Crippen LogP contribution in [-0.2, 0) is 19.6 Å². The molecule has 0 bridgehead atoms. The molecule has 2 saturated heterocycles. The van der Waals surface area contributed by atoms with Gasteiger partial charge in [0.05, 0.1) is 11.5 Å². The number of carbonyl (C=O) groups excluding carboxylic acids is 1. The van der Waals surface area contributed by atoms with Gasteiger partial charge in [0.15, 0.2) is 0 Å². The van der Waals surface area contributed by atoms with Crippen molar-refractivity contribution in [3.63, 3.8) is 0 Å². The maximum atomic E-state index is 13.0. The Morgan fingerprint density at radius 2 is 1.89 bits per heavy atom. The number of amides is 1. The summed E-state index contributed by atoms with van der Waals surface area (Å²) in [6.07, 6.45) is 1.84. The minimum absolute atomic E-state index is 0.0888. The van der Waals surface area contributed by atoms with Gasteiger partial charge in [0.25, 0.3) is 0 Å². The van der Waals surface area contributed by atoms with Crippen molar-refractivity contribution in [2.75, 3.05) is 44.7 Å². The Kier molecular flexibility index (Phi) is 6.52. The highest BCUT2D eigenvalue weighted by atomic mass is 32.2. The average Bonchev–Trinajstić information content (AvgIpc) is 3.06. The summed E-state index contributed by atoms with van der Waals surface area (Å²) in [5.41, 5.74) is 0.607. The van der Waals surface area contributed by atoms with E-state index in [1.54, 1.807) is 28.6 Å². The second-order valence-corrected chi connectivity index (χ2v) is 9.42. The van der Waals surface area contributed by atoms with Gasteiger partial charge in [-0.2, -0.15) is 4.31 Å². The number of nitrogens with one attached hydrogen (secondary N) is 1. The SMILES string of the molecule is CC(C)C(=O)Nc1ccc(S(=O)(=O)N2CCCN(C3CCOC3)CC2)cc1. The number of carbonyl (C=O) groups is 1. The van der Waals surface area contributed by atoms with Crippen LogP contribution in [-0.4, -0.2) is 69.0 Å². The van der Waals surface area contributed by atoms with E-state index in [1.165, 1.54) is 0 Å². The van der Waals surface area contributed by atoms with Crippen LogP contribution < -0.4 is 5.32 Å². The van der Waals surface area contributed by atoms with Crippen molar-refractivity contribution in [2.24, 2.45) is 5.92 Å². The first kappa shape index (κ1) is 20.3. The molecule has 27 heavy (non-hydrogen) atoms. The molecule has 1 aromatic carbocycles. The lowest BCUT2D eigenvalue weighted by molar-refractivity contribution is -0.118. The Morgan fingerprint density at radius 1 is 1.15 bits per heavy atom. The summed E-state index contributed by atoms with van der Waals surface area (Å²) in [5.74, 6) is -0.215. The van der Waals surface area contributed by atoms with E-state index in [-0.39, 0.29) is 16.7 Å². The van der Waals surface area contributed by atoms with Crippen LogP contribution in [0.15, 0.2) is 29.2 Å². The van der Waals surface area contributed by atoms with Crippen LogP contribution in [0.2, 0.25) is 0 Å². The van der Waals surface area contributed by atoms with Crippen LogP contribution in [0.3, 0.4) is 0 Å². The van der Waals surface area contributed by atoms with Crippen molar-refractivity contribution in [2.45, 2.75) is 37.6 Å². The number of anilines is 1. The van der Waals surface area contributed by atoms with Crippen LogP contribution in [0, 0.1) is 5.92 Å². The van der Waals surface area contributed by atoms with Gasteiger partial charge < -0.3 is 10.1 Å². The molecular weight excluding hydrogens is 366 g/mol. The molecule has 2 aliphatic rings. The molecule has 0 saturated carbocycles. The Bertz CT molecular complexity index is 743. The van der Waals surface area contributed by atoms with E-state index in [9.17, 15) is 13.2 Å². The number of nitrogens with zero attached hydrogens (tertiary/aromatic N) is 2. The molecule has 150 valence electrons. The van der Waals surface area contributed by atoms with Gasteiger partial charge in [-0.15, -0.1) is 0 Å². The summed E-state index contributed by atoms with van der Waals surface area (Å²) < 4.78 is 33.0. The van der Waals surface area contributed by atoms with Crippen molar-refractivity contribution in [3.05, 3.63) is 24.3 Å². The quantitative estimate of drug-likeness (QED) is 0.822. The lowest BCUT2D eigenvalue weighted by Crippen LogP contribution is -2.39. The van der Waals surface area contributed by atoms with E-state index < -0.39 is 10.0 Å². The number of rotatable bonds is 5. The average molecular weight is 396 g/mol. The molecule has 2 fully saturated rings. The largest absolute Gasteiger partial charge is 0.380 e. The van der Waals surface area contributed by atoms with Gasteiger partial charge in [-0.25, -0.2) is 8.42 Å². The molecule has 8 heteroatoms. The lowest BCUT2D eigenvalue weighted by Gasteiger charge is -2.26. The number of benzene rings is 1. The van der Waals surface area contributed by atoms with Crippen LogP contribution in [0.5, 0.6) is 0 Å². The smallest absolute Gasteiger partial charge is 0.243 e. The number of hydrogen-bond donors (Lipinski definition) is 1. The Hall–Kier alpha value is -1.48. The van der Waals surface area contributed by atoms with Crippen molar-refractivity contribution in [3.8, 4) is 0 Å². The highest BCUT2D eigenvalue weighted by Gasteiger charge is 2.30. The van der Waals surface area contributed by atoms with Gasteiger partial charge in [-0.05, 0) is 43.7 Å². The molecule has 1 N–H and O–H groups in total. The maximum absolute atomic E-state index is 13.0. The van der Waals surface area contributed by atoms with E-state index in [1.807, 2.05) is 13.8 Å². The van der Waals surface area contributed by atoms with Gasteiger partial charge in [-0.1, -0.05) is 13.8 Å². The monoisotopic (exact) mass is 395 g/mol. The molecular formula is C19H29N3O4S. The fourth-order valence-electron chi connectivity index (χ4n) is 3.48. The minimum atomic E-state index is -3.53. The first-order chi connectivity index (χ1) is 12.9. The predicted molar refractivity (Wildman–Crippen MR) is 104 cm³/mol. The van der Waals surface area contributed by atoms with Crippen LogP contribution in [0.25, 0.3) is 0 Å². The Morgan fingerprint density at radius 3 is 2.52 bits per heavy atom. The fraction of sp³-hybridized carbons (Fsp3) is 0.632. The summed E-state index contributed by atoms with van der Waals surface area (Å²) in [5, 5.41) is 2.78. The predicted octanol–water partition coefficient (Wildman–Crippen LogP) is 1.77. The minimum Gasteiger partial charge on any atom is -0.380 e. The standard InChI is InChI=1S/C19H29N3O4S/c1-15(2)19(23)20-16-4-6-18(7-5-16)27(24,25)22-10-3-9-21(11-12-22)17-8-13-26-14-17/h4-7,15,17H,3,8-14H2,1-2H3,(H,20,23). The van der Waals surface area contributed by atoms with E-state index >= 15 is 0 Å². The van der Waals surface area contributed by atoms with Gasteiger partial charge in [0, 0.05) is 43.9 Å². The molecule has 1 unspecified atom stereocenters. The van der Waals surface area contributed by atoms with Crippen LogP contribution in [0.1, 0.15) is 26.7 Å². The number of sulfonamides is 1. The zero-order valence-electron chi connectivity index (χ0n) is 16.1. The van der Waals surface area contributed by atoms with Gasteiger partial charge in [-0.3, -0.25) is 9.69 Å². The van der Waals surface area contributed by atoms with E-state index in [4.69, 9.17) is 4.74 Å². The third kappa shape index (κ3) is 4.87. The zero-order valence-corrected chi connectivity index (χ0v) is 16.9. The van der Waals surface area contributed by atoms with Gasteiger partial charge in [0.1, 0.15) is 0 Å². The Labute approximate surface area is 161 Å². The van der Waals surface area contributed by atoms with E-state index in [2.05, 4.69) is 10.2 Å². The lowest BCUT2D eigenvalue weighted by atomic mass is 10.2. The third-order valence-corrected chi connectivity index (χ3v) is 7.11. The molecule has 0 spiro atoms. The summed E-state index contributed by atoms with van der Waals surface area (Å²) in [4.78, 5) is 14.4. The summed E-state index contributed by atoms with van der Waals surface area (Å²) >= 11 is 0. The summed E-state index contributed by atoms with van der Waals surface area (Å²) in [6.45, 7) is 7.82. The number of ether oxygens (including phenoxy) is 1. The third-order valence-electron chi connectivity index (χ3n) is 5.20. The fourth-order valence-corrected chi connectivity index (χ4v) is 4.94. The molecule has 2 heterocycles. The Balaban J connectivity index is 1.65. The van der Waals surface area contributed by atoms with Crippen molar-refractivity contribution in [1.29, 1.82) is 0 Å². The second kappa shape index (κ2) is 8.68. The molecule has 7 nitrogen and oxygen atoms in total. The summed E-state index contributed by atoms with van der Waals surface area (Å²) in [6, 6.07) is 6.84. The topological polar surface area (TPSA) is 79.0 Å². The molecule has 1 amide bonds. The van der Waals surface area contributed by atoms with Gasteiger partial charge >= 0.3 is 0 Å². The van der Waals surface area contributed by atoms with Gasteiger partial charge in [0.2, 0.25) is 15.9 Å².